The van der Waals surface area contributed by atoms with Crippen molar-refractivity contribution in [3.63, 3.8) is 0 Å². The fourth-order valence-electron chi connectivity index (χ4n) is 3.11. The fraction of sp³-hybridized carbons (Fsp3) is 0.211. The van der Waals surface area contributed by atoms with Gasteiger partial charge in [-0.15, -0.1) is 11.8 Å². The highest BCUT2D eigenvalue weighted by Gasteiger charge is 2.25. The van der Waals surface area contributed by atoms with Gasteiger partial charge in [0.25, 0.3) is 5.91 Å². The molecule has 0 bridgehead atoms. The number of aryl methyl sites for hydroxylation is 1. The Hall–Kier alpha value is -2.20. The van der Waals surface area contributed by atoms with Crippen LogP contribution in [0.4, 0.5) is 0 Å². The molecule has 1 aliphatic rings. The number of benzene rings is 2. The summed E-state index contributed by atoms with van der Waals surface area (Å²) < 4.78 is 5.77. The van der Waals surface area contributed by atoms with Gasteiger partial charge in [-0.1, -0.05) is 36.4 Å². The number of rotatable bonds is 2. The maximum Gasteiger partial charge on any atom is 0.287 e. The molecule has 1 aliphatic heterocycles. The molecule has 0 unspecified atom stereocenters. The van der Waals surface area contributed by atoms with E-state index in [4.69, 9.17) is 4.42 Å². The SMILES string of the molecule is Cc1c(C(=O)N[C@H]2CCSc3ccccc32)oc2ccccc12. The molecular formula is C19H17NO2S. The maximum atomic E-state index is 12.7. The summed E-state index contributed by atoms with van der Waals surface area (Å²) in [6.45, 7) is 1.94. The van der Waals surface area contributed by atoms with Crippen molar-refractivity contribution in [2.24, 2.45) is 0 Å². The minimum absolute atomic E-state index is 0.0487. The Bertz CT molecular complexity index is 884. The van der Waals surface area contributed by atoms with Crippen molar-refractivity contribution < 1.29 is 9.21 Å². The van der Waals surface area contributed by atoms with E-state index >= 15 is 0 Å². The van der Waals surface area contributed by atoms with E-state index in [1.165, 1.54) is 10.5 Å². The average Bonchev–Trinajstić information content (AvgIpc) is 2.93. The van der Waals surface area contributed by atoms with Gasteiger partial charge >= 0.3 is 0 Å². The van der Waals surface area contributed by atoms with Gasteiger partial charge in [-0.25, -0.2) is 0 Å². The normalized spacial score (nSPS) is 17.0. The van der Waals surface area contributed by atoms with Crippen molar-refractivity contribution in [2.75, 3.05) is 5.75 Å². The van der Waals surface area contributed by atoms with Crippen LogP contribution in [-0.2, 0) is 0 Å². The fourth-order valence-corrected chi connectivity index (χ4v) is 4.23. The Morgan fingerprint density at radius 3 is 2.83 bits per heavy atom. The van der Waals surface area contributed by atoms with Crippen molar-refractivity contribution in [3.8, 4) is 0 Å². The predicted molar refractivity (Wildman–Crippen MR) is 92.9 cm³/mol. The number of furan rings is 1. The molecule has 0 fully saturated rings. The lowest BCUT2D eigenvalue weighted by atomic mass is 10.0. The Morgan fingerprint density at radius 2 is 1.96 bits per heavy atom. The number of thioether (sulfide) groups is 1. The van der Waals surface area contributed by atoms with Gasteiger partial charge in [0.1, 0.15) is 5.58 Å². The van der Waals surface area contributed by atoms with Crippen LogP contribution in [0.1, 0.15) is 34.1 Å². The van der Waals surface area contributed by atoms with Gasteiger partial charge in [-0.05, 0) is 31.0 Å². The highest BCUT2D eigenvalue weighted by Crippen LogP contribution is 2.36. The van der Waals surface area contributed by atoms with Gasteiger partial charge in [0.05, 0.1) is 6.04 Å². The second-order valence-corrected chi connectivity index (χ2v) is 6.89. The molecule has 4 heteroatoms. The van der Waals surface area contributed by atoms with E-state index in [-0.39, 0.29) is 11.9 Å². The quantitative estimate of drug-likeness (QED) is 0.743. The number of carbonyl (C=O) groups is 1. The molecule has 4 rings (SSSR count). The molecule has 1 atom stereocenters. The van der Waals surface area contributed by atoms with Crippen LogP contribution in [0.25, 0.3) is 11.0 Å². The van der Waals surface area contributed by atoms with Crippen LogP contribution in [-0.4, -0.2) is 11.7 Å². The molecule has 0 saturated carbocycles. The summed E-state index contributed by atoms with van der Waals surface area (Å²) in [5, 5.41) is 4.14. The first-order valence-corrected chi connectivity index (χ1v) is 8.73. The number of amides is 1. The van der Waals surface area contributed by atoms with Crippen LogP contribution in [0, 0.1) is 6.92 Å². The number of hydrogen-bond acceptors (Lipinski definition) is 3. The third-order valence-corrected chi connectivity index (χ3v) is 5.44. The van der Waals surface area contributed by atoms with E-state index in [1.807, 2.05) is 55.1 Å². The van der Waals surface area contributed by atoms with Crippen LogP contribution in [0.2, 0.25) is 0 Å². The molecule has 3 nitrogen and oxygen atoms in total. The highest BCUT2D eigenvalue weighted by atomic mass is 32.2. The van der Waals surface area contributed by atoms with Crippen LogP contribution in [0.3, 0.4) is 0 Å². The molecule has 0 saturated heterocycles. The molecule has 0 spiro atoms. The van der Waals surface area contributed by atoms with E-state index in [2.05, 4.69) is 17.4 Å². The summed E-state index contributed by atoms with van der Waals surface area (Å²) in [7, 11) is 0. The van der Waals surface area contributed by atoms with Gasteiger partial charge < -0.3 is 9.73 Å². The smallest absolute Gasteiger partial charge is 0.287 e. The molecule has 0 aliphatic carbocycles. The lowest BCUT2D eigenvalue weighted by Crippen LogP contribution is -2.30. The lowest BCUT2D eigenvalue weighted by molar-refractivity contribution is 0.0908. The van der Waals surface area contributed by atoms with Crippen molar-refractivity contribution in [2.45, 2.75) is 24.3 Å². The van der Waals surface area contributed by atoms with Crippen molar-refractivity contribution >= 4 is 28.6 Å². The minimum Gasteiger partial charge on any atom is -0.451 e. The summed E-state index contributed by atoms with van der Waals surface area (Å²) in [5.41, 5.74) is 2.86. The van der Waals surface area contributed by atoms with Gasteiger partial charge in [-0.3, -0.25) is 4.79 Å². The summed E-state index contributed by atoms with van der Waals surface area (Å²) in [4.78, 5) is 14.0. The second kappa shape index (κ2) is 5.78. The zero-order valence-corrected chi connectivity index (χ0v) is 13.7. The second-order valence-electron chi connectivity index (χ2n) is 5.75. The Balaban J connectivity index is 1.64. The molecule has 2 heterocycles. The zero-order valence-electron chi connectivity index (χ0n) is 12.8. The zero-order chi connectivity index (χ0) is 15.8. The van der Waals surface area contributed by atoms with Crippen molar-refractivity contribution in [1.82, 2.24) is 5.32 Å². The summed E-state index contributed by atoms with van der Waals surface area (Å²) >= 11 is 1.85. The summed E-state index contributed by atoms with van der Waals surface area (Å²) in [5.74, 6) is 1.30. The Morgan fingerprint density at radius 1 is 1.17 bits per heavy atom. The summed E-state index contributed by atoms with van der Waals surface area (Å²) in [6, 6.07) is 16.1. The number of hydrogen-bond donors (Lipinski definition) is 1. The number of para-hydroxylation sites is 1. The van der Waals surface area contributed by atoms with Crippen LogP contribution in [0.15, 0.2) is 57.8 Å². The molecule has 0 radical (unpaired) electrons. The van der Waals surface area contributed by atoms with Gasteiger partial charge in [-0.2, -0.15) is 0 Å². The molecular weight excluding hydrogens is 306 g/mol. The van der Waals surface area contributed by atoms with E-state index in [1.54, 1.807) is 0 Å². The number of fused-ring (bicyclic) bond motifs is 2. The summed E-state index contributed by atoms with van der Waals surface area (Å²) in [6.07, 6.45) is 0.937. The largest absolute Gasteiger partial charge is 0.451 e. The Kier molecular flexibility index (Phi) is 3.62. The molecule has 1 N–H and O–H groups in total. The molecule has 116 valence electrons. The third-order valence-electron chi connectivity index (χ3n) is 4.31. The van der Waals surface area contributed by atoms with E-state index in [0.717, 1.165) is 28.7 Å². The predicted octanol–water partition coefficient (Wildman–Crippen LogP) is 4.71. The molecule has 2 aromatic carbocycles. The maximum absolute atomic E-state index is 12.7. The topological polar surface area (TPSA) is 42.2 Å². The first-order valence-electron chi connectivity index (χ1n) is 7.75. The molecule has 1 aromatic heterocycles. The van der Waals surface area contributed by atoms with Crippen molar-refractivity contribution in [1.29, 1.82) is 0 Å². The van der Waals surface area contributed by atoms with E-state index < -0.39 is 0 Å². The standard InChI is InChI=1S/C19H17NO2S/c1-12-13-6-2-4-8-16(13)22-18(12)19(21)20-15-10-11-23-17-9-5-3-7-14(15)17/h2-9,15H,10-11H2,1H3,(H,20,21)/t15-/m0/s1. The minimum atomic E-state index is -0.134. The van der Waals surface area contributed by atoms with Crippen LogP contribution >= 0.6 is 11.8 Å². The van der Waals surface area contributed by atoms with Gasteiger partial charge in [0, 0.05) is 21.6 Å². The van der Waals surface area contributed by atoms with E-state index in [0.29, 0.717) is 5.76 Å². The third kappa shape index (κ3) is 2.53. The monoisotopic (exact) mass is 323 g/mol. The van der Waals surface area contributed by atoms with Crippen molar-refractivity contribution in [3.05, 3.63) is 65.4 Å². The average molecular weight is 323 g/mol. The molecule has 1 amide bonds. The first kappa shape index (κ1) is 14.4. The van der Waals surface area contributed by atoms with Crippen LogP contribution in [0.5, 0.6) is 0 Å². The first-order chi connectivity index (χ1) is 11.2. The number of nitrogens with one attached hydrogen (secondary N) is 1. The Labute approximate surface area is 139 Å². The van der Waals surface area contributed by atoms with Gasteiger partial charge in [0.2, 0.25) is 0 Å². The highest BCUT2D eigenvalue weighted by molar-refractivity contribution is 7.99. The number of carbonyl (C=O) groups excluding carboxylic acids is 1. The van der Waals surface area contributed by atoms with E-state index in [9.17, 15) is 4.79 Å². The van der Waals surface area contributed by atoms with Gasteiger partial charge in [0.15, 0.2) is 5.76 Å². The molecule has 3 aromatic rings. The molecule has 23 heavy (non-hydrogen) atoms. The van der Waals surface area contributed by atoms with Crippen LogP contribution < -0.4 is 5.32 Å². The lowest BCUT2D eigenvalue weighted by Gasteiger charge is -2.25.